The highest BCUT2D eigenvalue weighted by atomic mass is 35.5. The normalized spacial score (nSPS) is 11.1. The molecule has 0 bridgehead atoms. The average Bonchev–Trinajstić information content (AvgIpc) is 2.67. The van der Waals surface area contributed by atoms with Gasteiger partial charge >= 0.3 is 5.97 Å². The predicted molar refractivity (Wildman–Crippen MR) is 97.1 cm³/mol. The van der Waals surface area contributed by atoms with Crippen LogP contribution in [0.2, 0.25) is 5.02 Å². The van der Waals surface area contributed by atoms with Gasteiger partial charge in [-0.2, -0.15) is 0 Å². The summed E-state index contributed by atoms with van der Waals surface area (Å²) >= 11 is 5.95. The number of halogens is 1. The SMILES string of the molecule is O=C(OCc1cccc(Cl)c1)C(O)(c1ccccc1)c1ccccc1. The van der Waals surface area contributed by atoms with Gasteiger partial charge < -0.3 is 9.84 Å². The molecule has 0 amide bonds. The average molecular weight is 353 g/mol. The molecule has 0 aliphatic carbocycles. The zero-order chi connectivity index (χ0) is 17.7. The Kier molecular flexibility index (Phi) is 5.17. The van der Waals surface area contributed by atoms with Crippen LogP contribution in [0.4, 0.5) is 0 Å². The number of carbonyl (C=O) groups excluding carboxylic acids is 1. The minimum Gasteiger partial charge on any atom is -0.458 e. The molecule has 0 saturated heterocycles. The largest absolute Gasteiger partial charge is 0.458 e. The fraction of sp³-hybridized carbons (Fsp3) is 0.0952. The minimum absolute atomic E-state index is 0.0291. The molecule has 0 saturated carbocycles. The van der Waals surface area contributed by atoms with E-state index >= 15 is 0 Å². The first-order valence-corrected chi connectivity index (χ1v) is 8.23. The van der Waals surface area contributed by atoms with Crippen molar-refractivity contribution >= 4 is 17.6 Å². The number of hydrogen-bond acceptors (Lipinski definition) is 3. The summed E-state index contributed by atoms with van der Waals surface area (Å²) in [4.78, 5) is 12.8. The Labute approximate surface area is 151 Å². The van der Waals surface area contributed by atoms with Crippen LogP contribution in [0.25, 0.3) is 0 Å². The van der Waals surface area contributed by atoms with Crippen LogP contribution in [-0.2, 0) is 21.7 Å². The summed E-state index contributed by atoms with van der Waals surface area (Å²) in [6.45, 7) is 0.0291. The van der Waals surface area contributed by atoms with Gasteiger partial charge in [-0.15, -0.1) is 0 Å². The molecule has 0 aliphatic rings. The Morgan fingerprint density at radius 1 is 0.880 bits per heavy atom. The standard InChI is InChI=1S/C21H17ClO3/c22-19-13-7-8-16(14-19)15-25-20(23)21(24,17-9-3-1-4-10-17)18-11-5-2-6-12-18/h1-14,24H,15H2. The minimum atomic E-state index is -1.87. The molecule has 3 aromatic rings. The molecule has 1 N–H and O–H groups in total. The summed E-state index contributed by atoms with van der Waals surface area (Å²) in [6.07, 6.45) is 0. The van der Waals surface area contributed by atoms with Crippen molar-refractivity contribution in [2.24, 2.45) is 0 Å². The molecule has 25 heavy (non-hydrogen) atoms. The molecule has 0 fully saturated rings. The highest BCUT2D eigenvalue weighted by molar-refractivity contribution is 6.30. The first-order chi connectivity index (χ1) is 12.1. The number of aliphatic hydroxyl groups is 1. The van der Waals surface area contributed by atoms with Crippen molar-refractivity contribution in [2.75, 3.05) is 0 Å². The molecule has 0 aliphatic heterocycles. The summed E-state index contributed by atoms with van der Waals surface area (Å²) in [5.41, 5.74) is -0.208. The molecule has 0 aromatic heterocycles. The molecule has 0 heterocycles. The molecule has 0 radical (unpaired) electrons. The van der Waals surface area contributed by atoms with Crippen LogP contribution in [0.3, 0.4) is 0 Å². The lowest BCUT2D eigenvalue weighted by Gasteiger charge is -2.27. The van der Waals surface area contributed by atoms with E-state index in [1.807, 2.05) is 18.2 Å². The summed E-state index contributed by atoms with van der Waals surface area (Å²) in [5.74, 6) is -0.732. The van der Waals surface area contributed by atoms with Crippen LogP contribution in [0.15, 0.2) is 84.9 Å². The number of hydrogen-bond donors (Lipinski definition) is 1. The number of carbonyl (C=O) groups is 1. The Morgan fingerprint density at radius 3 is 1.96 bits per heavy atom. The Balaban J connectivity index is 1.91. The van der Waals surface area contributed by atoms with Crippen LogP contribution in [0, 0.1) is 0 Å². The van der Waals surface area contributed by atoms with Crippen LogP contribution < -0.4 is 0 Å². The lowest BCUT2D eigenvalue weighted by molar-refractivity contribution is -0.163. The van der Waals surface area contributed by atoms with Gasteiger partial charge in [0.2, 0.25) is 5.60 Å². The number of esters is 1. The predicted octanol–water partition coefficient (Wildman–Crippen LogP) is 4.32. The maximum absolute atomic E-state index is 12.8. The third kappa shape index (κ3) is 3.73. The lowest BCUT2D eigenvalue weighted by Crippen LogP contribution is -2.38. The van der Waals surface area contributed by atoms with E-state index in [1.54, 1.807) is 66.7 Å². The van der Waals surface area contributed by atoms with Crippen LogP contribution in [0.1, 0.15) is 16.7 Å². The van der Waals surface area contributed by atoms with Crippen molar-refractivity contribution in [1.82, 2.24) is 0 Å². The quantitative estimate of drug-likeness (QED) is 0.696. The van der Waals surface area contributed by atoms with Crippen molar-refractivity contribution in [3.05, 3.63) is 107 Å². The van der Waals surface area contributed by atoms with Gasteiger partial charge in [-0.05, 0) is 28.8 Å². The van der Waals surface area contributed by atoms with Gasteiger partial charge in [0.15, 0.2) is 0 Å². The van der Waals surface area contributed by atoms with Crippen molar-refractivity contribution in [2.45, 2.75) is 12.2 Å². The Morgan fingerprint density at radius 2 is 1.44 bits per heavy atom. The molecule has 0 unspecified atom stereocenters. The van der Waals surface area contributed by atoms with Gasteiger partial charge in [-0.25, -0.2) is 4.79 Å². The van der Waals surface area contributed by atoms with Crippen LogP contribution in [-0.4, -0.2) is 11.1 Å². The van der Waals surface area contributed by atoms with Gasteiger partial charge in [-0.3, -0.25) is 0 Å². The molecule has 3 rings (SSSR count). The van der Waals surface area contributed by atoms with E-state index in [-0.39, 0.29) is 6.61 Å². The van der Waals surface area contributed by atoms with Crippen LogP contribution >= 0.6 is 11.6 Å². The van der Waals surface area contributed by atoms with E-state index in [9.17, 15) is 9.90 Å². The highest BCUT2D eigenvalue weighted by Gasteiger charge is 2.41. The third-order valence-corrected chi connectivity index (χ3v) is 4.17. The van der Waals surface area contributed by atoms with E-state index in [2.05, 4.69) is 0 Å². The zero-order valence-corrected chi connectivity index (χ0v) is 14.2. The second-order valence-electron chi connectivity index (χ2n) is 5.65. The molecule has 0 spiro atoms. The van der Waals surface area contributed by atoms with E-state index < -0.39 is 11.6 Å². The fourth-order valence-electron chi connectivity index (χ4n) is 2.64. The van der Waals surface area contributed by atoms with Gasteiger partial charge in [0, 0.05) is 5.02 Å². The van der Waals surface area contributed by atoms with E-state index in [4.69, 9.17) is 16.3 Å². The molecule has 3 aromatic carbocycles. The number of rotatable bonds is 5. The van der Waals surface area contributed by atoms with Crippen molar-refractivity contribution in [1.29, 1.82) is 0 Å². The van der Waals surface area contributed by atoms with Crippen molar-refractivity contribution in [3.63, 3.8) is 0 Å². The number of benzene rings is 3. The second kappa shape index (κ2) is 7.51. The molecule has 3 nitrogen and oxygen atoms in total. The van der Waals surface area contributed by atoms with Gasteiger partial charge in [0.25, 0.3) is 0 Å². The maximum Gasteiger partial charge on any atom is 0.348 e. The molecular weight excluding hydrogens is 336 g/mol. The van der Waals surface area contributed by atoms with Gasteiger partial charge in [0.05, 0.1) is 0 Å². The van der Waals surface area contributed by atoms with E-state index in [0.29, 0.717) is 16.1 Å². The summed E-state index contributed by atoms with van der Waals surface area (Å²) in [6, 6.07) is 24.6. The molecule has 4 heteroatoms. The van der Waals surface area contributed by atoms with E-state index in [0.717, 1.165) is 5.56 Å². The lowest BCUT2D eigenvalue weighted by atomic mass is 9.86. The van der Waals surface area contributed by atoms with E-state index in [1.165, 1.54) is 0 Å². The molecular formula is C21H17ClO3. The fourth-order valence-corrected chi connectivity index (χ4v) is 2.85. The van der Waals surface area contributed by atoms with Crippen molar-refractivity contribution < 1.29 is 14.6 Å². The summed E-state index contributed by atoms with van der Waals surface area (Å²) < 4.78 is 5.41. The third-order valence-electron chi connectivity index (χ3n) is 3.94. The Hall–Kier alpha value is -2.62. The second-order valence-corrected chi connectivity index (χ2v) is 6.08. The van der Waals surface area contributed by atoms with Crippen LogP contribution in [0.5, 0.6) is 0 Å². The molecule has 126 valence electrons. The summed E-state index contributed by atoms with van der Waals surface area (Å²) in [5, 5.41) is 11.8. The zero-order valence-electron chi connectivity index (χ0n) is 13.4. The number of ether oxygens (including phenoxy) is 1. The van der Waals surface area contributed by atoms with Gasteiger partial charge in [0.1, 0.15) is 6.61 Å². The smallest absolute Gasteiger partial charge is 0.348 e. The first-order valence-electron chi connectivity index (χ1n) is 7.86. The monoisotopic (exact) mass is 352 g/mol. The topological polar surface area (TPSA) is 46.5 Å². The van der Waals surface area contributed by atoms with Crippen molar-refractivity contribution in [3.8, 4) is 0 Å². The maximum atomic E-state index is 12.8. The highest BCUT2D eigenvalue weighted by Crippen LogP contribution is 2.31. The van der Waals surface area contributed by atoms with Gasteiger partial charge in [-0.1, -0.05) is 84.4 Å². The summed E-state index contributed by atoms with van der Waals surface area (Å²) in [7, 11) is 0. The molecule has 0 atom stereocenters. The Bertz CT molecular complexity index is 808. The first kappa shape index (κ1) is 17.2.